The van der Waals surface area contributed by atoms with E-state index in [2.05, 4.69) is 4.98 Å². The van der Waals surface area contributed by atoms with Gasteiger partial charge in [-0.25, -0.2) is 4.98 Å². The van der Waals surface area contributed by atoms with E-state index in [0.29, 0.717) is 0 Å². The van der Waals surface area contributed by atoms with E-state index in [1.807, 2.05) is 6.92 Å². The zero-order valence-electron chi connectivity index (χ0n) is 6.56. The fraction of sp³-hybridized carbons (Fsp3) is 0.286. The van der Waals surface area contributed by atoms with Crippen LogP contribution in [0.4, 0.5) is 5.69 Å². The minimum atomic E-state index is -0.451. The summed E-state index contributed by atoms with van der Waals surface area (Å²) < 4.78 is 0. The second-order valence-corrected chi connectivity index (χ2v) is 3.33. The molecule has 1 heterocycles. The Hall–Kier alpha value is -1.10. The summed E-state index contributed by atoms with van der Waals surface area (Å²) in [5.41, 5.74) is 0.0375. The van der Waals surface area contributed by atoms with Gasteiger partial charge in [-0.05, 0) is 11.8 Å². The van der Waals surface area contributed by atoms with Crippen molar-refractivity contribution >= 4 is 17.4 Å². The minimum Gasteiger partial charge on any atom is -0.258 e. The average Bonchev–Trinajstić information content (AvgIpc) is 2.06. The minimum absolute atomic E-state index is 0.0375. The van der Waals surface area contributed by atoms with Crippen molar-refractivity contribution in [3.8, 4) is 0 Å². The second-order valence-electron chi connectivity index (χ2n) is 2.04. The van der Waals surface area contributed by atoms with Crippen LogP contribution in [0.3, 0.4) is 0 Å². The van der Waals surface area contributed by atoms with Crippen molar-refractivity contribution in [2.45, 2.75) is 11.9 Å². The van der Waals surface area contributed by atoms with E-state index < -0.39 is 4.92 Å². The lowest BCUT2D eigenvalue weighted by Crippen LogP contribution is -1.89. The number of pyridine rings is 1. The predicted octanol–water partition coefficient (Wildman–Crippen LogP) is 2.10. The maximum absolute atomic E-state index is 10.2. The van der Waals surface area contributed by atoms with E-state index in [-0.39, 0.29) is 5.69 Å². The van der Waals surface area contributed by atoms with Crippen molar-refractivity contribution in [1.29, 1.82) is 0 Å². The van der Waals surface area contributed by atoms with Crippen LogP contribution in [0.25, 0.3) is 0 Å². The molecule has 0 aliphatic heterocycles. The van der Waals surface area contributed by atoms with E-state index in [9.17, 15) is 10.1 Å². The smallest absolute Gasteiger partial charge is 0.258 e. The maximum atomic E-state index is 10.2. The van der Waals surface area contributed by atoms with Crippen molar-refractivity contribution in [3.05, 3.63) is 28.4 Å². The fourth-order valence-corrected chi connectivity index (χ4v) is 1.30. The molecule has 0 atom stereocenters. The zero-order chi connectivity index (χ0) is 8.97. The first-order chi connectivity index (χ1) is 5.74. The molecule has 5 heteroatoms. The van der Waals surface area contributed by atoms with Gasteiger partial charge in [0.25, 0.3) is 5.69 Å². The molecule has 0 radical (unpaired) electrons. The van der Waals surface area contributed by atoms with Gasteiger partial charge in [-0.2, -0.15) is 0 Å². The summed E-state index contributed by atoms with van der Waals surface area (Å²) in [6.07, 6.45) is 1.28. The summed E-state index contributed by atoms with van der Waals surface area (Å²) >= 11 is 1.56. The van der Waals surface area contributed by atoms with E-state index in [0.717, 1.165) is 10.8 Å². The van der Waals surface area contributed by atoms with Crippen LogP contribution in [0.2, 0.25) is 0 Å². The fourth-order valence-electron chi connectivity index (χ4n) is 0.714. The van der Waals surface area contributed by atoms with Crippen molar-refractivity contribution in [3.63, 3.8) is 0 Å². The van der Waals surface area contributed by atoms with Crippen LogP contribution in [0.5, 0.6) is 0 Å². The molecule has 0 aliphatic rings. The molecule has 0 bridgehead atoms. The maximum Gasteiger partial charge on any atom is 0.287 e. The number of rotatable bonds is 3. The van der Waals surface area contributed by atoms with Crippen LogP contribution >= 0.6 is 11.8 Å². The van der Waals surface area contributed by atoms with Crippen molar-refractivity contribution < 1.29 is 4.92 Å². The Morgan fingerprint density at radius 1 is 1.67 bits per heavy atom. The lowest BCUT2D eigenvalue weighted by Gasteiger charge is -1.94. The Morgan fingerprint density at radius 3 is 2.83 bits per heavy atom. The summed E-state index contributed by atoms with van der Waals surface area (Å²) in [4.78, 5) is 13.7. The molecule has 0 saturated heterocycles. The highest BCUT2D eigenvalue weighted by atomic mass is 32.2. The van der Waals surface area contributed by atoms with Gasteiger partial charge in [0.1, 0.15) is 6.20 Å². The normalized spacial score (nSPS) is 9.75. The SMILES string of the molecule is CCSc1ccc([N+](=O)[O-])cn1. The lowest BCUT2D eigenvalue weighted by molar-refractivity contribution is -0.385. The Balaban J connectivity index is 2.78. The molecular weight excluding hydrogens is 176 g/mol. The number of hydrogen-bond donors (Lipinski definition) is 0. The zero-order valence-corrected chi connectivity index (χ0v) is 7.37. The predicted molar refractivity (Wildman–Crippen MR) is 47.3 cm³/mol. The molecular formula is C7H8N2O2S. The van der Waals surface area contributed by atoms with E-state index >= 15 is 0 Å². The topological polar surface area (TPSA) is 56.0 Å². The molecule has 12 heavy (non-hydrogen) atoms. The number of thioether (sulfide) groups is 1. The van der Waals surface area contributed by atoms with Crippen LogP contribution in [-0.2, 0) is 0 Å². The van der Waals surface area contributed by atoms with E-state index in [1.54, 1.807) is 17.8 Å². The van der Waals surface area contributed by atoms with E-state index in [1.165, 1.54) is 12.3 Å². The van der Waals surface area contributed by atoms with Gasteiger partial charge in [0.15, 0.2) is 0 Å². The first-order valence-corrected chi connectivity index (χ1v) is 4.46. The summed E-state index contributed by atoms with van der Waals surface area (Å²) in [6, 6.07) is 3.12. The first kappa shape index (κ1) is 8.99. The average molecular weight is 184 g/mol. The van der Waals surface area contributed by atoms with Gasteiger partial charge in [0, 0.05) is 6.07 Å². The van der Waals surface area contributed by atoms with Crippen molar-refractivity contribution in [2.24, 2.45) is 0 Å². The first-order valence-electron chi connectivity index (χ1n) is 3.47. The number of hydrogen-bond acceptors (Lipinski definition) is 4. The van der Waals surface area contributed by atoms with Gasteiger partial charge in [-0.1, -0.05) is 6.92 Å². The highest BCUT2D eigenvalue weighted by Gasteiger charge is 2.04. The van der Waals surface area contributed by atoms with Gasteiger partial charge >= 0.3 is 0 Å². The Kier molecular flexibility index (Phi) is 3.04. The third kappa shape index (κ3) is 2.20. The van der Waals surface area contributed by atoms with Gasteiger partial charge in [0.2, 0.25) is 0 Å². The monoisotopic (exact) mass is 184 g/mol. The van der Waals surface area contributed by atoms with E-state index in [4.69, 9.17) is 0 Å². The van der Waals surface area contributed by atoms with Crippen LogP contribution in [0.1, 0.15) is 6.92 Å². The summed E-state index contributed by atoms with van der Waals surface area (Å²) in [7, 11) is 0. The molecule has 0 aliphatic carbocycles. The van der Waals surface area contributed by atoms with Crippen LogP contribution in [-0.4, -0.2) is 15.7 Å². The Labute approximate surface area is 74.2 Å². The quantitative estimate of drug-likeness (QED) is 0.410. The second kappa shape index (κ2) is 4.06. The number of aromatic nitrogens is 1. The lowest BCUT2D eigenvalue weighted by atomic mass is 10.4. The molecule has 1 rings (SSSR count). The third-order valence-electron chi connectivity index (χ3n) is 1.22. The highest BCUT2D eigenvalue weighted by molar-refractivity contribution is 7.99. The summed E-state index contributed by atoms with van der Waals surface area (Å²) in [5.74, 6) is 0.921. The standard InChI is InChI=1S/C7H8N2O2S/c1-2-12-7-4-3-6(5-8-7)9(10)11/h3-5H,2H2,1H3. The van der Waals surface area contributed by atoms with Gasteiger partial charge < -0.3 is 0 Å². The largest absolute Gasteiger partial charge is 0.287 e. The van der Waals surface area contributed by atoms with Gasteiger partial charge in [0.05, 0.1) is 9.95 Å². The molecule has 1 aromatic heterocycles. The van der Waals surface area contributed by atoms with Crippen molar-refractivity contribution in [1.82, 2.24) is 4.98 Å². The van der Waals surface area contributed by atoms with Crippen LogP contribution in [0.15, 0.2) is 23.4 Å². The van der Waals surface area contributed by atoms with Crippen LogP contribution in [0, 0.1) is 10.1 Å². The molecule has 0 N–H and O–H groups in total. The molecule has 0 saturated carbocycles. The molecule has 64 valence electrons. The van der Waals surface area contributed by atoms with Crippen LogP contribution < -0.4 is 0 Å². The van der Waals surface area contributed by atoms with Crippen molar-refractivity contribution in [2.75, 3.05) is 5.75 Å². The van der Waals surface area contributed by atoms with Gasteiger partial charge in [-0.3, -0.25) is 10.1 Å². The van der Waals surface area contributed by atoms with Gasteiger partial charge in [-0.15, -0.1) is 11.8 Å². The molecule has 4 nitrogen and oxygen atoms in total. The molecule has 0 spiro atoms. The third-order valence-corrected chi connectivity index (χ3v) is 2.05. The molecule has 0 unspecified atom stereocenters. The summed E-state index contributed by atoms with van der Waals surface area (Å²) in [6.45, 7) is 2.01. The molecule has 0 amide bonds. The Bertz CT molecular complexity index is 273. The molecule has 0 aromatic carbocycles. The number of nitrogens with zero attached hydrogens (tertiary/aromatic N) is 2. The summed E-state index contributed by atoms with van der Waals surface area (Å²) in [5, 5.41) is 11.1. The highest BCUT2D eigenvalue weighted by Crippen LogP contribution is 2.17. The molecule has 1 aromatic rings. The molecule has 0 fully saturated rings. The Morgan fingerprint density at radius 2 is 2.42 bits per heavy atom. The number of nitro groups is 1.